The zero-order valence-corrected chi connectivity index (χ0v) is 19.1. The van der Waals surface area contributed by atoms with Crippen molar-refractivity contribution >= 4 is 28.4 Å². The molecular formula is C26H32N4O2. The molecule has 0 aliphatic carbocycles. The van der Waals surface area contributed by atoms with E-state index in [0.717, 1.165) is 35.0 Å². The quantitative estimate of drug-likeness (QED) is 0.618. The van der Waals surface area contributed by atoms with Crippen molar-refractivity contribution < 1.29 is 9.59 Å². The third-order valence-electron chi connectivity index (χ3n) is 6.63. The number of carbonyl (C=O) groups excluding carboxylic acids is 2. The van der Waals surface area contributed by atoms with Gasteiger partial charge in [-0.05, 0) is 48.6 Å². The van der Waals surface area contributed by atoms with Crippen LogP contribution in [-0.4, -0.2) is 48.9 Å². The summed E-state index contributed by atoms with van der Waals surface area (Å²) in [6, 6.07) is 18.1. The third-order valence-corrected chi connectivity index (χ3v) is 6.63. The van der Waals surface area contributed by atoms with Gasteiger partial charge in [0.25, 0.3) is 5.91 Å². The van der Waals surface area contributed by atoms with Gasteiger partial charge in [0.1, 0.15) is 5.69 Å². The summed E-state index contributed by atoms with van der Waals surface area (Å²) in [6.07, 6.45) is 1.69. The number of H-pyrrole nitrogens is 1. The normalized spacial score (nSPS) is 15.5. The van der Waals surface area contributed by atoms with E-state index in [-0.39, 0.29) is 23.7 Å². The number of rotatable bonds is 6. The summed E-state index contributed by atoms with van der Waals surface area (Å²) in [5.74, 6) is 0.347. The van der Waals surface area contributed by atoms with E-state index in [1.165, 1.54) is 0 Å². The Bertz CT molecular complexity index is 1050. The van der Waals surface area contributed by atoms with Gasteiger partial charge in [-0.1, -0.05) is 37.3 Å². The van der Waals surface area contributed by atoms with Gasteiger partial charge >= 0.3 is 0 Å². The minimum Gasteiger partial charge on any atom is -0.378 e. The number of likely N-dealkylation sites (tertiary alicyclic amines) is 1. The van der Waals surface area contributed by atoms with Gasteiger partial charge in [-0.2, -0.15) is 0 Å². The van der Waals surface area contributed by atoms with Gasteiger partial charge in [-0.15, -0.1) is 0 Å². The molecule has 1 atom stereocenters. The standard InChI is InChI=1S/C26H32N4O2/c1-18(25(31)27-17-19-8-10-22(11-9-19)29(2)3)20-12-14-30(15-13-20)26(32)24-16-21-6-4-5-7-23(21)28-24/h4-11,16,18,20,28H,12-15,17H2,1-3H3,(H,27,31). The van der Waals surface area contributed by atoms with Crippen LogP contribution < -0.4 is 10.2 Å². The van der Waals surface area contributed by atoms with Crippen molar-refractivity contribution in [2.24, 2.45) is 11.8 Å². The van der Waals surface area contributed by atoms with Crippen molar-refractivity contribution in [3.63, 3.8) is 0 Å². The minimum absolute atomic E-state index is 0.0397. The molecule has 0 saturated carbocycles. The first kappa shape index (κ1) is 21.9. The summed E-state index contributed by atoms with van der Waals surface area (Å²) in [6.45, 7) is 3.91. The Hall–Kier alpha value is -3.28. The highest BCUT2D eigenvalue weighted by molar-refractivity contribution is 5.98. The molecule has 1 aliphatic rings. The number of fused-ring (bicyclic) bond motifs is 1. The monoisotopic (exact) mass is 432 g/mol. The molecule has 0 spiro atoms. The van der Waals surface area contributed by atoms with E-state index in [1.807, 2.05) is 56.3 Å². The SMILES string of the molecule is CC(C(=O)NCc1ccc(N(C)C)cc1)C1CCN(C(=O)c2cc3ccccc3[nH]2)CC1. The lowest BCUT2D eigenvalue weighted by molar-refractivity contribution is -0.126. The van der Waals surface area contributed by atoms with E-state index in [9.17, 15) is 9.59 Å². The number of hydrogen-bond donors (Lipinski definition) is 2. The Morgan fingerprint density at radius 1 is 1.09 bits per heavy atom. The molecule has 2 amide bonds. The van der Waals surface area contributed by atoms with E-state index >= 15 is 0 Å². The maximum Gasteiger partial charge on any atom is 0.270 e. The fourth-order valence-electron chi connectivity index (χ4n) is 4.44. The molecule has 2 N–H and O–H groups in total. The Labute approximate surface area is 189 Å². The van der Waals surface area contributed by atoms with Crippen LogP contribution in [0.2, 0.25) is 0 Å². The second-order valence-corrected chi connectivity index (χ2v) is 8.97. The molecule has 6 nitrogen and oxygen atoms in total. The minimum atomic E-state index is -0.0682. The predicted molar refractivity (Wildman–Crippen MR) is 129 cm³/mol. The Balaban J connectivity index is 1.27. The van der Waals surface area contributed by atoms with Gasteiger partial charge in [0.05, 0.1) is 0 Å². The molecule has 2 heterocycles. The molecule has 32 heavy (non-hydrogen) atoms. The highest BCUT2D eigenvalue weighted by Crippen LogP contribution is 2.27. The second kappa shape index (κ2) is 9.47. The van der Waals surface area contributed by atoms with Crippen molar-refractivity contribution in [3.05, 3.63) is 65.9 Å². The molecule has 1 aliphatic heterocycles. The number of aromatic nitrogens is 1. The fourth-order valence-corrected chi connectivity index (χ4v) is 4.44. The molecule has 1 aromatic heterocycles. The molecule has 4 rings (SSSR count). The molecule has 2 aromatic carbocycles. The van der Waals surface area contributed by atoms with Gasteiger partial charge < -0.3 is 20.1 Å². The van der Waals surface area contributed by atoms with E-state index in [4.69, 9.17) is 0 Å². The lowest BCUT2D eigenvalue weighted by atomic mass is 9.84. The third kappa shape index (κ3) is 4.79. The smallest absolute Gasteiger partial charge is 0.270 e. The molecule has 1 unspecified atom stereocenters. The van der Waals surface area contributed by atoms with Crippen molar-refractivity contribution in [1.82, 2.24) is 15.2 Å². The van der Waals surface area contributed by atoms with Crippen molar-refractivity contribution in [2.75, 3.05) is 32.1 Å². The van der Waals surface area contributed by atoms with Crippen LogP contribution in [0.1, 0.15) is 35.8 Å². The van der Waals surface area contributed by atoms with Gasteiger partial charge in [0.2, 0.25) is 5.91 Å². The number of hydrogen-bond acceptors (Lipinski definition) is 3. The lowest BCUT2D eigenvalue weighted by Crippen LogP contribution is -2.42. The Morgan fingerprint density at radius 3 is 2.44 bits per heavy atom. The molecule has 6 heteroatoms. The number of nitrogens with one attached hydrogen (secondary N) is 2. The molecule has 1 fully saturated rings. The molecular weight excluding hydrogens is 400 g/mol. The van der Waals surface area contributed by atoms with Crippen LogP contribution >= 0.6 is 0 Å². The first-order valence-corrected chi connectivity index (χ1v) is 11.3. The number of piperidine rings is 1. The summed E-state index contributed by atoms with van der Waals surface area (Å²) in [7, 11) is 4.02. The van der Waals surface area contributed by atoms with Crippen molar-refractivity contribution in [2.45, 2.75) is 26.3 Å². The van der Waals surface area contributed by atoms with Crippen LogP contribution in [0.15, 0.2) is 54.6 Å². The Kier molecular flexibility index (Phi) is 6.49. The van der Waals surface area contributed by atoms with Gasteiger partial charge in [-0.25, -0.2) is 0 Å². The summed E-state index contributed by atoms with van der Waals surface area (Å²) in [5.41, 5.74) is 3.85. The zero-order valence-electron chi connectivity index (χ0n) is 19.1. The number of carbonyl (C=O) groups is 2. The highest BCUT2D eigenvalue weighted by Gasteiger charge is 2.30. The van der Waals surface area contributed by atoms with Crippen LogP contribution in [0.25, 0.3) is 10.9 Å². The van der Waals surface area contributed by atoms with E-state index in [1.54, 1.807) is 0 Å². The van der Waals surface area contributed by atoms with Crippen LogP contribution in [0.5, 0.6) is 0 Å². The largest absolute Gasteiger partial charge is 0.378 e. The maximum absolute atomic E-state index is 12.9. The predicted octanol–water partition coefficient (Wildman–Crippen LogP) is 4.04. The summed E-state index contributed by atoms with van der Waals surface area (Å²) >= 11 is 0. The first-order chi connectivity index (χ1) is 15.4. The molecule has 0 radical (unpaired) electrons. The van der Waals surface area contributed by atoms with Crippen LogP contribution in [0, 0.1) is 11.8 Å². The summed E-state index contributed by atoms with van der Waals surface area (Å²) in [4.78, 5) is 32.8. The average molecular weight is 433 g/mol. The number of amides is 2. The highest BCUT2D eigenvalue weighted by atomic mass is 16.2. The summed E-state index contributed by atoms with van der Waals surface area (Å²) in [5, 5.41) is 4.13. The first-order valence-electron chi connectivity index (χ1n) is 11.3. The van der Waals surface area contributed by atoms with Crippen LogP contribution in [-0.2, 0) is 11.3 Å². The molecule has 0 bridgehead atoms. The zero-order chi connectivity index (χ0) is 22.7. The molecule has 168 valence electrons. The maximum atomic E-state index is 12.9. The van der Waals surface area contributed by atoms with Crippen LogP contribution in [0.3, 0.4) is 0 Å². The molecule has 3 aromatic rings. The number of para-hydroxylation sites is 1. The van der Waals surface area contributed by atoms with Gasteiger partial charge in [-0.3, -0.25) is 9.59 Å². The van der Waals surface area contributed by atoms with Gasteiger partial charge in [0, 0.05) is 56.2 Å². The Morgan fingerprint density at radius 2 is 1.78 bits per heavy atom. The number of nitrogens with zero attached hydrogens (tertiary/aromatic N) is 2. The van der Waals surface area contributed by atoms with Crippen molar-refractivity contribution in [3.8, 4) is 0 Å². The van der Waals surface area contributed by atoms with E-state index in [0.29, 0.717) is 25.3 Å². The lowest BCUT2D eigenvalue weighted by Gasteiger charge is -2.34. The average Bonchev–Trinajstić information content (AvgIpc) is 3.26. The number of benzene rings is 2. The molecule has 1 saturated heterocycles. The number of anilines is 1. The van der Waals surface area contributed by atoms with Crippen LogP contribution in [0.4, 0.5) is 5.69 Å². The van der Waals surface area contributed by atoms with Crippen molar-refractivity contribution in [1.29, 1.82) is 0 Å². The number of aromatic amines is 1. The topological polar surface area (TPSA) is 68.4 Å². The van der Waals surface area contributed by atoms with E-state index < -0.39 is 0 Å². The van der Waals surface area contributed by atoms with Gasteiger partial charge in [0.15, 0.2) is 0 Å². The second-order valence-electron chi connectivity index (χ2n) is 8.97. The fraction of sp³-hybridized carbons (Fsp3) is 0.385. The summed E-state index contributed by atoms with van der Waals surface area (Å²) < 4.78 is 0. The van der Waals surface area contributed by atoms with E-state index in [2.05, 4.69) is 39.5 Å².